The lowest BCUT2D eigenvalue weighted by atomic mass is 9.50. The summed E-state index contributed by atoms with van der Waals surface area (Å²) in [6.07, 6.45) is 22.7. The Morgan fingerprint density at radius 2 is 1.38 bits per heavy atom. The average Bonchev–Trinajstić information content (AvgIpc) is 2.90. The first kappa shape index (κ1) is 26.8. The van der Waals surface area contributed by atoms with Crippen LogP contribution in [0, 0.1) is 5.92 Å². The summed E-state index contributed by atoms with van der Waals surface area (Å²) in [6.45, 7) is 2.40. The van der Waals surface area contributed by atoms with E-state index in [1.54, 1.807) is 0 Å². The van der Waals surface area contributed by atoms with Crippen molar-refractivity contribution in [1.82, 2.24) is 0 Å². The Labute approximate surface area is 213 Å². The molecule has 4 aliphatic rings. The third-order valence-electron chi connectivity index (χ3n) is 9.36. The van der Waals surface area contributed by atoms with Crippen molar-refractivity contribution in [2.24, 2.45) is 16.6 Å². The van der Waals surface area contributed by atoms with E-state index < -0.39 is 11.2 Å². The summed E-state index contributed by atoms with van der Waals surface area (Å²) in [7, 11) is 2.77. The fourth-order valence-electron chi connectivity index (χ4n) is 7.38. The molecule has 6 heteroatoms. The average molecular weight is 492 g/mol. The molecule has 3 nitrogen and oxygen atoms in total. The van der Waals surface area contributed by atoms with Crippen LogP contribution in [0.25, 0.3) is 0 Å². The number of aliphatic imine (C=N–C) groups is 1. The van der Waals surface area contributed by atoms with Crippen LogP contribution in [-0.2, 0) is 4.74 Å². The minimum Gasteiger partial charge on any atom is -0.379 e. The summed E-state index contributed by atoms with van der Waals surface area (Å²) in [5.74, 6) is 2.21. The first-order valence-corrected chi connectivity index (χ1v) is 15.6. The number of halogens is 1. The highest BCUT2D eigenvalue weighted by Gasteiger charge is 2.61. The molecule has 2 aliphatic carbocycles. The minimum atomic E-state index is -1.30. The number of amidine groups is 1. The molecular formula is C28H49BFN2OS. The molecular weight excluding hydrogens is 442 g/mol. The van der Waals surface area contributed by atoms with Crippen LogP contribution in [0.5, 0.6) is 0 Å². The molecule has 0 spiro atoms. The Bertz CT molecular complexity index is 656. The van der Waals surface area contributed by atoms with Gasteiger partial charge in [0.25, 0.3) is 0 Å². The number of alkyl halides is 1. The quantitative estimate of drug-likeness (QED) is 0.409. The SMILES string of the molecule is C[C@H]1C[C@@]2(F)CSC(N)=N[C@@]2(C2CCCCCCC([B]C3CCCCCCCC3)CCC2)CO1. The molecule has 0 aromatic heterocycles. The van der Waals surface area contributed by atoms with Crippen molar-refractivity contribution in [3.05, 3.63) is 0 Å². The zero-order valence-corrected chi connectivity index (χ0v) is 22.6. The van der Waals surface area contributed by atoms with Gasteiger partial charge in [-0.05, 0) is 25.7 Å². The fourth-order valence-corrected chi connectivity index (χ4v) is 8.35. The van der Waals surface area contributed by atoms with Gasteiger partial charge in [-0.1, -0.05) is 120 Å². The van der Waals surface area contributed by atoms with Crippen LogP contribution < -0.4 is 5.73 Å². The maximum Gasteiger partial charge on any atom is 0.154 e. The fraction of sp³-hybridized carbons (Fsp3) is 0.964. The van der Waals surface area contributed by atoms with Gasteiger partial charge in [0.1, 0.15) is 12.8 Å². The highest BCUT2D eigenvalue weighted by atomic mass is 32.2. The van der Waals surface area contributed by atoms with Crippen LogP contribution in [-0.4, -0.2) is 42.1 Å². The summed E-state index contributed by atoms with van der Waals surface area (Å²) in [5.41, 5.74) is 4.15. The molecule has 5 atom stereocenters. The molecule has 4 rings (SSSR count). The maximum atomic E-state index is 16.6. The molecule has 3 fully saturated rings. The van der Waals surface area contributed by atoms with Gasteiger partial charge in [-0.15, -0.1) is 0 Å². The van der Waals surface area contributed by atoms with Gasteiger partial charge in [-0.3, -0.25) is 0 Å². The smallest absolute Gasteiger partial charge is 0.154 e. The Hall–Kier alpha value is -0.225. The van der Waals surface area contributed by atoms with Crippen LogP contribution in [0.15, 0.2) is 4.99 Å². The highest BCUT2D eigenvalue weighted by Crippen LogP contribution is 2.51. The number of thioether (sulfide) groups is 1. The van der Waals surface area contributed by atoms with E-state index in [0.717, 1.165) is 24.5 Å². The van der Waals surface area contributed by atoms with Crippen molar-refractivity contribution >= 4 is 24.2 Å². The molecule has 34 heavy (non-hydrogen) atoms. The van der Waals surface area contributed by atoms with Crippen molar-refractivity contribution in [3.63, 3.8) is 0 Å². The molecule has 0 amide bonds. The lowest BCUT2D eigenvalue weighted by Crippen LogP contribution is -2.65. The Morgan fingerprint density at radius 3 is 2.03 bits per heavy atom. The van der Waals surface area contributed by atoms with E-state index in [2.05, 4.69) is 7.28 Å². The van der Waals surface area contributed by atoms with Crippen molar-refractivity contribution in [3.8, 4) is 0 Å². The molecule has 1 radical (unpaired) electrons. The van der Waals surface area contributed by atoms with E-state index in [4.69, 9.17) is 15.5 Å². The molecule has 1 saturated heterocycles. The van der Waals surface area contributed by atoms with Crippen LogP contribution in [0.3, 0.4) is 0 Å². The summed E-state index contributed by atoms with van der Waals surface area (Å²) in [4.78, 5) is 4.91. The van der Waals surface area contributed by atoms with Crippen molar-refractivity contribution in [2.45, 2.75) is 151 Å². The first-order chi connectivity index (χ1) is 16.5. The number of hydrogen-bond acceptors (Lipinski definition) is 4. The molecule has 2 unspecified atom stereocenters. The van der Waals surface area contributed by atoms with Gasteiger partial charge in [0, 0.05) is 12.2 Å². The number of nitrogens with two attached hydrogens (primary N) is 1. The molecule has 0 bridgehead atoms. The predicted octanol–water partition coefficient (Wildman–Crippen LogP) is 7.86. The monoisotopic (exact) mass is 491 g/mol. The summed E-state index contributed by atoms with van der Waals surface area (Å²) >= 11 is 1.40. The van der Waals surface area contributed by atoms with E-state index in [0.29, 0.717) is 23.9 Å². The van der Waals surface area contributed by atoms with E-state index in [-0.39, 0.29) is 12.0 Å². The number of fused-ring (bicyclic) bond motifs is 1. The lowest BCUT2D eigenvalue weighted by molar-refractivity contribution is -0.125. The Balaban J connectivity index is 1.43. The number of hydrogen-bond donors (Lipinski definition) is 1. The molecule has 193 valence electrons. The zero-order chi connectivity index (χ0) is 23.9. The topological polar surface area (TPSA) is 47.6 Å². The third kappa shape index (κ3) is 6.75. The molecule has 2 heterocycles. The van der Waals surface area contributed by atoms with Crippen LogP contribution in [0.2, 0.25) is 11.6 Å². The first-order valence-electron chi connectivity index (χ1n) is 14.6. The third-order valence-corrected chi connectivity index (χ3v) is 10.3. The summed E-state index contributed by atoms with van der Waals surface area (Å²) in [5, 5.41) is 0.562. The second kappa shape index (κ2) is 12.8. The van der Waals surface area contributed by atoms with Crippen molar-refractivity contribution < 1.29 is 9.13 Å². The molecule has 2 saturated carbocycles. The molecule has 0 aromatic carbocycles. The Morgan fingerprint density at radius 1 is 0.853 bits per heavy atom. The van der Waals surface area contributed by atoms with E-state index in [1.165, 1.54) is 108 Å². The normalized spacial score (nSPS) is 39.9. The molecule has 2 N–H and O–H groups in total. The van der Waals surface area contributed by atoms with Crippen molar-refractivity contribution in [2.75, 3.05) is 12.4 Å². The summed E-state index contributed by atoms with van der Waals surface area (Å²) in [6, 6.07) is 0. The largest absolute Gasteiger partial charge is 0.379 e. The number of nitrogens with zero attached hydrogens (tertiary/aromatic N) is 1. The second-order valence-electron chi connectivity index (χ2n) is 12.0. The van der Waals surface area contributed by atoms with Crippen LogP contribution in [0.4, 0.5) is 4.39 Å². The number of rotatable bonds is 3. The molecule has 2 aliphatic heterocycles. The zero-order valence-electron chi connectivity index (χ0n) is 21.7. The van der Waals surface area contributed by atoms with Gasteiger partial charge in [-0.25, -0.2) is 9.38 Å². The predicted molar refractivity (Wildman–Crippen MR) is 146 cm³/mol. The lowest BCUT2D eigenvalue weighted by Gasteiger charge is -2.53. The Kier molecular flexibility index (Phi) is 10.1. The minimum absolute atomic E-state index is 0.0389. The maximum absolute atomic E-state index is 16.6. The highest BCUT2D eigenvalue weighted by molar-refractivity contribution is 8.13. The van der Waals surface area contributed by atoms with Gasteiger partial charge < -0.3 is 10.5 Å². The van der Waals surface area contributed by atoms with Crippen LogP contribution >= 0.6 is 11.8 Å². The van der Waals surface area contributed by atoms with E-state index in [9.17, 15) is 0 Å². The molecule has 0 aromatic rings. The van der Waals surface area contributed by atoms with Crippen molar-refractivity contribution in [1.29, 1.82) is 0 Å². The summed E-state index contributed by atoms with van der Waals surface area (Å²) < 4.78 is 22.7. The van der Waals surface area contributed by atoms with Crippen LogP contribution in [0.1, 0.15) is 122 Å². The van der Waals surface area contributed by atoms with Gasteiger partial charge in [0.2, 0.25) is 0 Å². The standard InChI is InChI=1S/C28H49BFN2OS/c1-22-19-27(30)21-34-26(31)32-28(27,20-33-22)23-13-8-6-7-11-17-25(18-12-14-23)29-24-15-9-4-2-3-5-10-16-24/h22-25H,2-21H2,1H3,(H2,31,32)/t22-,23?,25?,27+,28+/m0/s1. The van der Waals surface area contributed by atoms with Gasteiger partial charge >= 0.3 is 0 Å². The van der Waals surface area contributed by atoms with Gasteiger partial charge in [-0.2, -0.15) is 0 Å². The number of ether oxygens (including phenoxy) is 1. The van der Waals surface area contributed by atoms with E-state index >= 15 is 4.39 Å². The van der Waals surface area contributed by atoms with E-state index in [1.807, 2.05) is 6.92 Å². The van der Waals surface area contributed by atoms with Gasteiger partial charge in [0.15, 0.2) is 10.8 Å². The van der Waals surface area contributed by atoms with Gasteiger partial charge in [0.05, 0.1) is 12.7 Å². The second-order valence-corrected chi connectivity index (χ2v) is 13.0.